The monoisotopic (exact) mass is 323 g/mol. The van der Waals surface area contributed by atoms with E-state index in [0.717, 1.165) is 0 Å². The van der Waals surface area contributed by atoms with Crippen molar-refractivity contribution in [3.8, 4) is 0 Å². The van der Waals surface area contributed by atoms with Crippen molar-refractivity contribution in [3.63, 3.8) is 0 Å². The normalized spacial score (nSPS) is 11.0. The number of anilines is 1. The number of hydrogen-bond acceptors (Lipinski definition) is 3. The molecule has 0 unspecified atom stereocenters. The van der Waals surface area contributed by atoms with E-state index in [4.69, 9.17) is 4.42 Å². The number of halogens is 5. The summed E-state index contributed by atoms with van der Waals surface area (Å²) >= 11 is 1.52. The smallest absolute Gasteiger partial charge is 0.200 e. The maximum atomic E-state index is 13.4. The summed E-state index contributed by atoms with van der Waals surface area (Å²) in [5.74, 6) is -8.37. The first kappa shape index (κ1) is 15.7. The molecule has 0 fully saturated rings. The number of thioether (sulfide) groups is 1. The maximum absolute atomic E-state index is 13.4. The lowest BCUT2D eigenvalue weighted by Crippen LogP contribution is -2.09. The first-order chi connectivity index (χ1) is 9.95. The van der Waals surface area contributed by atoms with E-state index < -0.39 is 34.8 Å². The van der Waals surface area contributed by atoms with Gasteiger partial charge < -0.3 is 9.73 Å². The highest BCUT2D eigenvalue weighted by molar-refractivity contribution is 7.97. The lowest BCUT2D eigenvalue weighted by atomic mass is 10.2. The molecule has 0 aliphatic carbocycles. The molecule has 21 heavy (non-hydrogen) atoms. The summed E-state index contributed by atoms with van der Waals surface area (Å²) in [6.07, 6.45) is 1.87. The Bertz CT molecular complexity index is 629. The zero-order valence-corrected chi connectivity index (χ0v) is 11.6. The van der Waals surface area contributed by atoms with Crippen LogP contribution in [0, 0.1) is 29.1 Å². The van der Waals surface area contributed by atoms with Crippen molar-refractivity contribution in [3.05, 3.63) is 52.7 Å². The molecule has 8 heteroatoms. The molecule has 0 saturated carbocycles. The van der Waals surface area contributed by atoms with Gasteiger partial charge in [-0.25, -0.2) is 22.0 Å². The molecule has 1 N–H and O–H groups in total. The molecule has 1 aromatic carbocycles. The zero-order valence-electron chi connectivity index (χ0n) is 10.8. The van der Waals surface area contributed by atoms with Crippen molar-refractivity contribution in [2.75, 3.05) is 11.6 Å². The summed E-state index contributed by atoms with van der Waals surface area (Å²) in [7, 11) is 0. The molecular formula is C13H10F5NOS. The van der Waals surface area contributed by atoms with E-state index in [2.05, 4.69) is 5.32 Å². The molecule has 0 saturated heterocycles. The van der Waals surface area contributed by atoms with Crippen LogP contribution < -0.4 is 5.32 Å². The fourth-order valence-corrected chi connectivity index (χ4v) is 2.11. The van der Waals surface area contributed by atoms with Crippen molar-refractivity contribution in [1.82, 2.24) is 0 Å². The molecule has 0 spiro atoms. The highest BCUT2D eigenvalue weighted by Crippen LogP contribution is 2.27. The van der Waals surface area contributed by atoms with Gasteiger partial charge in [0, 0.05) is 0 Å². The highest BCUT2D eigenvalue weighted by Gasteiger charge is 2.25. The maximum Gasteiger partial charge on any atom is 0.200 e. The van der Waals surface area contributed by atoms with Crippen molar-refractivity contribution in [2.45, 2.75) is 12.3 Å². The Labute approximate surface area is 121 Å². The summed E-state index contributed by atoms with van der Waals surface area (Å²) in [6, 6.07) is 3.23. The molecule has 0 aliphatic heterocycles. The Morgan fingerprint density at radius 3 is 2.00 bits per heavy atom. The van der Waals surface area contributed by atoms with Crippen LogP contribution in [0.5, 0.6) is 0 Å². The number of nitrogens with one attached hydrogen (secondary N) is 1. The van der Waals surface area contributed by atoms with Crippen LogP contribution in [0.3, 0.4) is 0 Å². The lowest BCUT2D eigenvalue weighted by molar-refractivity contribution is 0.381. The minimum absolute atomic E-state index is 0.202. The van der Waals surface area contributed by atoms with Crippen molar-refractivity contribution < 1.29 is 26.4 Å². The van der Waals surface area contributed by atoms with E-state index in [-0.39, 0.29) is 6.54 Å². The Hall–Kier alpha value is -1.70. The predicted octanol–water partition coefficient (Wildman–Crippen LogP) is 4.45. The van der Waals surface area contributed by atoms with Gasteiger partial charge in [-0.05, 0) is 18.4 Å². The third kappa shape index (κ3) is 3.15. The van der Waals surface area contributed by atoms with Gasteiger partial charge in [0.05, 0.1) is 12.3 Å². The minimum atomic E-state index is -2.18. The van der Waals surface area contributed by atoms with Gasteiger partial charge in [-0.2, -0.15) is 11.8 Å². The molecule has 114 valence electrons. The van der Waals surface area contributed by atoms with Crippen LogP contribution in [-0.4, -0.2) is 6.26 Å². The van der Waals surface area contributed by atoms with E-state index in [1.54, 1.807) is 12.1 Å². The summed E-state index contributed by atoms with van der Waals surface area (Å²) in [5, 5.41) is 2.16. The number of furan rings is 1. The molecule has 1 aromatic heterocycles. The Balaban J connectivity index is 2.20. The quantitative estimate of drug-likeness (QED) is 0.500. The lowest BCUT2D eigenvalue weighted by Gasteiger charge is -2.09. The summed E-state index contributed by atoms with van der Waals surface area (Å²) in [5.41, 5.74) is -1.07. The molecule has 2 rings (SSSR count). The fraction of sp³-hybridized carbons (Fsp3) is 0.231. The van der Waals surface area contributed by atoms with E-state index in [0.29, 0.717) is 17.3 Å². The molecule has 2 nitrogen and oxygen atoms in total. The third-order valence-electron chi connectivity index (χ3n) is 2.65. The second-order valence-corrected chi connectivity index (χ2v) is 4.97. The van der Waals surface area contributed by atoms with Gasteiger partial charge in [0.2, 0.25) is 5.82 Å². The average molecular weight is 323 g/mol. The Kier molecular flexibility index (Phi) is 4.76. The topological polar surface area (TPSA) is 25.2 Å². The molecule has 1 heterocycles. The molecule has 0 radical (unpaired) electrons. The minimum Gasteiger partial charge on any atom is -0.463 e. The first-order valence-corrected chi connectivity index (χ1v) is 7.17. The van der Waals surface area contributed by atoms with Crippen LogP contribution in [0.15, 0.2) is 16.5 Å². The fourth-order valence-electron chi connectivity index (χ4n) is 1.67. The van der Waals surface area contributed by atoms with E-state index in [9.17, 15) is 22.0 Å². The van der Waals surface area contributed by atoms with Crippen LogP contribution in [0.4, 0.5) is 27.6 Å². The van der Waals surface area contributed by atoms with Crippen LogP contribution in [-0.2, 0) is 12.3 Å². The van der Waals surface area contributed by atoms with Crippen LogP contribution in [0.1, 0.15) is 11.5 Å². The van der Waals surface area contributed by atoms with Crippen molar-refractivity contribution in [2.24, 2.45) is 0 Å². The molecule has 2 aromatic rings. The molecule has 0 bridgehead atoms. The van der Waals surface area contributed by atoms with Gasteiger partial charge in [0.1, 0.15) is 17.2 Å². The summed E-state index contributed by atoms with van der Waals surface area (Å²) in [4.78, 5) is 0. The summed E-state index contributed by atoms with van der Waals surface area (Å²) < 4.78 is 71.0. The third-order valence-corrected chi connectivity index (χ3v) is 3.23. The van der Waals surface area contributed by atoms with Crippen molar-refractivity contribution >= 4 is 17.4 Å². The van der Waals surface area contributed by atoms with Crippen LogP contribution >= 0.6 is 11.8 Å². The SMILES string of the molecule is CSCc1ccc(CNc2c(F)c(F)c(F)c(F)c2F)o1. The van der Waals surface area contributed by atoms with Crippen molar-refractivity contribution in [1.29, 1.82) is 0 Å². The van der Waals surface area contributed by atoms with E-state index in [1.165, 1.54) is 11.8 Å². The van der Waals surface area contributed by atoms with Gasteiger partial charge in [-0.15, -0.1) is 0 Å². The summed E-state index contributed by atoms with van der Waals surface area (Å²) in [6.45, 7) is -0.202. The molecular weight excluding hydrogens is 313 g/mol. The Morgan fingerprint density at radius 1 is 0.905 bits per heavy atom. The second-order valence-electron chi connectivity index (χ2n) is 4.10. The highest BCUT2D eigenvalue weighted by atomic mass is 32.2. The number of benzene rings is 1. The largest absolute Gasteiger partial charge is 0.463 e. The second kappa shape index (κ2) is 6.38. The van der Waals surface area contributed by atoms with Crippen LogP contribution in [0.25, 0.3) is 0 Å². The van der Waals surface area contributed by atoms with Gasteiger partial charge in [-0.1, -0.05) is 0 Å². The zero-order chi connectivity index (χ0) is 15.6. The molecule has 0 aliphatic rings. The van der Waals surface area contributed by atoms with Gasteiger partial charge >= 0.3 is 0 Å². The van der Waals surface area contributed by atoms with Gasteiger partial charge in [0.25, 0.3) is 0 Å². The number of hydrogen-bond donors (Lipinski definition) is 1. The van der Waals surface area contributed by atoms with Gasteiger partial charge in [0.15, 0.2) is 23.3 Å². The number of rotatable bonds is 5. The Morgan fingerprint density at radius 2 is 1.43 bits per heavy atom. The molecule has 0 amide bonds. The average Bonchev–Trinajstić information content (AvgIpc) is 2.91. The standard InChI is InChI=1S/C13H10F5NOS/c1-21-5-7-3-2-6(20-7)4-19-13-11(17)9(15)8(14)10(16)12(13)18/h2-3,19H,4-5H2,1H3. The molecule has 0 atom stereocenters. The first-order valence-electron chi connectivity index (χ1n) is 5.77. The van der Waals surface area contributed by atoms with E-state index >= 15 is 0 Å². The van der Waals surface area contributed by atoms with Crippen LogP contribution in [0.2, 0.25) is 0 Å². The van der Waals surface area contributed by atoms with Gasteiger partial charge in [-0.3, -0.25) is 0 Å². The predicted molar refractivity (Wildman–Crippen MR) is 69.5 cm³/mol. The van der Waals surface area contributed by atoms with E-state index in [1.807, 2.05) is 6.26 Å².